The normalized spacial score (nSPS) is 10.7. The lowest BCUT2D eigenvalue weighted by Crippen LogP contribution is -2.06. The van der Waals surface area contributed by atoms with E-state index in [0.717, 1.165) is 16.7 Å². The predicted octanol–water partition coefficient (Wildman–Crippen LogP) is 5.34. The van der Waals surface area contributed by atoms with E-state index in [9.17, 15) is 4.79 Å². The zero-order valence-corrected chi connectivity index (χ0v) is 23.3. The lowest BCUT2D eigenvalue weighted by atomic mass is 10.1. The smallest absolute Gasteiger partial charge is 0.338 e. The molecule has 4 aromatic rings. The fraction of sp³-hybridized carbons (Fsp3) is 0.333. The van der Waals surface area contributed by atoms with Gasteiger partial charge in [-0.3, -0.25) is 0 Å². The number of benzene rings is 3. The lowest BCUT2D eigenvalue weighted by Gasteiger charge is -2.12. The molecular formula is C30H34N4O6. The standard InChI is InChI=1S/C30H34N4O6/c1-5-36-25-15-9-21(17-27(25)38-7-3)19-34-32-29(31-33-34)23-11-13-24(14-12-23)30(35)40-20-22-10-16-26(37-6-2)28(18-22)39-8-4/h9-18H,5-8,19-20H2,1-4H3. The van der Waals surface area contributed by atoms with Crippen LogP contribution in [0.3, 0.4) is 0 Å². The zero-order valence-electron chi connectivity index (χ0n) is 23.3. The maximum Gasteiger partial charge on any atom is 0.338 e. The minimum absolute atomic E-state index is 0.111. The first-order chi connectivity index (χ1) is 19.5. The first kappa shape index (κ1) is 28.4. The van der Waals surface area contributed by atoms with Crippen LogP contribution in [0.1, 0.15) is 49.2 Å². The van der Waals surface area contributed by atoms with E-state index in [0.29, 0.717) is 67.4 Å². The molecule has 0 fully saturated rings. The van der Waals surface area contributed by atoms with Gasteiger partial charge in [-0.1, -0.05) is 24.3 Å². The molecule has 0 aliphatic rings. The van der Waals surface area contributed by atoms with E-state index in [1.165, 1.54) is 4.80 Å². The van der Waals surface area contributed by atoms with Crippen molar-refractivity contribution in [3.05, 3.63) is 77.4 Å². The van der Waals surface area contributed by atoms with E-state index in [1.54, 1.807) is 24.3 Å². The Balaban J connectivity index is 1.37. The second-order valence-corrected chi connectivity index (χ2v) is 8.59. The van der Waals surface area contributed by atoms with Crippen LogP contribution in [-0.4, -0.2) is 52.6 Å². The maximum absolute atomic E-state index is 12.6. The van der Waals surface area contributed by atoms with Crippen LogP contribution in [0.15, 0.2) is 60.7 Å². The Bertz CT molecular complexity index is 1400. The van der Waals surface area contributed by atoms with Crippen molar-refractivity contribution in [2.24, 2.45) is 0 Å². The van der Waals surface area contributed by atoms with Gasteiger partial charge in [-0.05, 0) is 80.4 Å². The van der Waals surface area contributed by atoms with Crippen molar-refractivity contribution in [1.82, 2.24) is 20.2 Å². The van der Waals surface area contributed by atoms with Gasteiger partial charge in [0.2, 0.25) is 5.82 Å². The molecule has 1 aromatic heterocycles. The Morgan fingerprint density at radius 3 is 1.85 bits per heavy atom. The molecule has 4 rings (SSSR count). The number of carbonyl (C=O) groups is 1. The van der Waals surface area contributed by atoms with Crippen LogP contribution >= 0.6 is 0 Å². The van der Waals surface area contributed by atoms with Crippen molar-refractivity contribution in [1.29, 1.82) is 0 Å². The fourth-order valence-electron chi connectivity index (χ4n) is 3.96. The lowest BCUT2D eigenvalue weighted by molar-refractivity contribution is 0.0472. The molecule has 3 aromatic carbocycles. The van der Waals surface area contributed by atoms with E-state index in [1.807, 2.05) is 64.1 Å². The highest BCUT2D eigenvalue weighted by Crippen LogP contribution is 2.30. The molecule has 0 atom stereocenters. The highest BCUT2D eigenvalue weighted by molar-refractivity contribution is 5.89. The third-order valence-electron chi connectivity index (χ3n) is 5.74. The highest BCUT2D eigenvalue weighted by atomic mass is 16.5. The van der Waals surface area contributed by atoms with Crippen LogP contribution in [0.4, 0.5) is 0 Å². The molecule has 0 spiro atoms. The molecule has 210 valence electrons. The van der Waals surface area contributed by atoms with Gasteiger partial charge in [0.1, 0.15) is 6.61 Å². The zero-order chi connectivity index (χ0) is 28.3. The molecule has 0 bridgehead atoms. The monoisotopic (exact) mass is 546 g/mol. The van der Waals surface area contributed by atoms with E-state index in [4.69, 9.17) is 23.7 Å². The van der Waals surface area contributed by atoms with Gasteiger partial charge < -0.3 is 23.7 Å². The van der Waals surface area contributed by atoms with Crippen molar-refractivity contribution >= 4 is 5.97 Å². The Morgan fingerprint density at radius 1 is 0.700 bits per heavy atom. The Hall–Kier alpha value is -4.60. The fourth-order valence-corrected chi connectivity index (χ4v) is 3.96. The van der Waals surface area contributed by atoms with Crippen LogP contribution in [0.25, 0.3) is 11.4 Å². The van der Waals surface area contributed by atoms with Crippen LogP contribution < -0.4 is 18.9 Å². The van der Waals surface area contributed by atoms with E-state index in [-0.39, 0.29) is 6.61 Å². The third kappa shape index (κ3) is 7.28. The van der Waals surface area contributed by atoms with Crippen molar-refractivity contribution < 1.29 is 28.5 Å². The first-order valence-corrected chi connectivity index (χ1v) is 13.4. The number of nitrogens with zero attached hydrogens (tertiary/aromatic N) is 4. The molecule has 0 saturated carbocycles. The number of hydrogen-bond acceptors (Lipinski definition) is 9. The number of tetrazole rings is 1. The molecule has 0 radical (unpaired) electrons. The molecule has 10 heteroatoms. The number of carbonyl (C=O) groups excluding carboxylic acids is 1. The summed E-state index contributed by atoms with van der Waals surface area (Å²) in [7, 11) is 0. The second kappa shape index (κ2) is 14.0. The molecular weight excluding hydrogens is 512 g/mol. The van der Waals surface area contributed by atoms with Gasteiger partial charge in [0.25, 0.3) is 0 Å². The minimum atomic E-state index is -0.435. The van der Waals surface area contributed by atoms with Crippen molar-refractivity contribution in [2.45, 2.75) is 40.8 Å². The summed E-state index contributed by atoms with van der Waals surface area (Å²) < 4.78 is 28.1. The summed E-state index contributed by atoms with van der Waals surface area (Å²) in [6, 6.07) is 18.2. The Kier molecular flexibility index (Phi) is 9.93. The van der Waals surface area contributed by atoms with Crippen LogP contribution in [-0.2, 0) is 17.9 Å². The van der Waals surface area contributed by atoms with Gasteiger partial charge in [0, 0.05) is 5.56 Å². The molecule has 0 unspecified atom stereocenters. The molecule has 0 aliphatic heterocycles. The summed E-state index contributed by atoms with van der Waals surface area (Å²) in [6.45, 7) is 10.3. The van der Waals surface area contributed by atoms with Gasteiger partial charge in [-0.2, -0.15) is 4.80 Å². The summed E-state index contributed by atoms with van der Waals surface area (Å²) in [6.07, 6.45) is 0. The number of ether oxygens (including phenoxy) is 5. The minimum Gasteiger partial charge on any atom is -0.490 e. The van der Waals surface area contributed by atoms with E-state index < -0.39 is 5.97 Å². The summed E-state index contributed by atoms with van der Waals surface area (Å²) in [5.74, 6) is 2.69. The van der Waals surface area contributed by atoms with Crippen LogP contribution in [0, 0.1) is 0 Å². The number of esters is 1. The average molecular weight is 547 g/mol. The molecule has 1 heterocycles. The molecule has 10 nitrogen and oxygen atoms in total. The van der Waals surface area contributed by atoms with Gasteiger partial charge >= 0.3 is 5.97 Å². The topological polar surface area (TPSA) is 107 Å². The predicted molar refractivity (Wildman–Crippen MR) is 149 cm³/mol. The van der Waals surface area contributed by atoms with Crippen LogP contribution in [0.2, 0.25) is 0 Å². The Morgan fingerprint density at radius 2 is 1.25 bits per heavy atom. The Labute approximate surface area is 233 Å². The van der Waals surface area contributed by atoms with Crippen LogP contribution in [0.5, 0.6) is 23.0 Å². The maximum atomic E-state index is 12.6. The van der Waals surface area contributed by atoms with Crippen molar-refractivity contribution in [2.75, 3.05) is 26.4 Å². The molecule has 0 saturated heterocycles. The third-order valence-corrected chi connectivity index (χ3v) is 5.74. The van der Waals surface area contributed by atoms with Gasteiger partial charge in [-0.25, -0.2) is 4.79 Å². The molecule has 0 N–H and O–H groups in total. The summed E-state index contributed by atoms with van der Waals surface area (Å²) >= 11 is 0. The number of rotatable bonds is 14. The van der Waals surface area contributed by atoms with E-state index in [2.05, 4.69) is 15.4 Å². The number of aromatic nitrogens is 4. The van der Waals surface area contributed by atoms with Crippen molar-refractivity contribution in [3.63, 3.8) is 0 Å². The molecule has 0 aliphatic carbocycles. The summed E-state index contributed by atoms with van der Waals surface area (Å²) in [4.78, 5) is 14.2. The van der Waals surface area contributed by atoms with Gasteiger partial charge in [-0.15, -0.1) is 10.2 Å². The average Bonchev–Trinajstić information content (AvgIpc) is 3.43. The van der Waals surface area contributed by atoms with E-state index >= 15 is 0 Å². The second-order valence-electron chi connectivity index (χ2n) is 8.59. The SMILES string of the molecule is CCOc1ccc(COC(=O)c2ccc(-c3nnn(Cc4ccc(OCC)c(OCC)c4)n3)cc2)cc1OCC. The summed E-state index contributed by atoms with van der Waals surface area (Å²) in [5, 5.41) is 12.8. The summed E-state index contributed by atoms with van der Waals surface area (Å²) in [5.41, 5.74) is 2.91. The first-order valence-electron chi connectivity index (χ1n) is 13.4. The van der Waals surface area contributed by atoms with Gasteiger partial charge in [0.15, 0.2) is 23.0 Å². The highest BCUT2D eigenvalue weighted by Gasteiger charge is 2.13. The molecule has 40 heavy (non-hydrogen) atoms. The molecule has 0 amide bonds. The largest absolute Gasteiger partial charge is 0.490 e. The number of hydrogen-bond donors (Lipinski definition) is 0. The quantitative estimate of drug-likeness (QED) is 0.194. The van der Waals surface area contributed by atoms with Gasteiger partial charge in [0.05, 0.1) is 38.5 Å². The van der Waals surface area contributed by atoms with Crippen molar-refractivity contribution in [3.8, 4) is 34.4 Å².